The van der Waals surface area contributed by atoms with Crippen LogP contribution >= 0.6 is 0 Å². The van der Waals surface area contributed by atoms with Crippen LogP contribution in [0.15, 0.2) is 57.7 Å². The molecule has 0 aliphatic carbocycles. The zero-order chi connectivity index (χ0) is 13.2. The Morgan fingerprint density at radius 1 is 1.00 bits per heavy atom. The third-order valence-corrected chi connectivity index (χ3v) is 3.15. The minimum absolute atomic E-state index is 0.532. The molecule has 0 aliphatic heterocycles. The summed E-state index contributed by atoms with van der Waals surface area (Å²) >= 11 is 0. The van der Waals surface area contributed by atoms with Crippen LogP contribution in [-0.2, 0) is 0 Å². The molecule has 0 unspecified atom stereocenters. The lowest BCUT2D eigenvalue weighted by Crippen LogP contribution is -1.86. The number of nitrogens with zero attached hydrogens (tertiary/aromatic N) is 1. The van der Waals surface area contributed by atoms with E-state index in [-0.39, 0.29) is 0 Å². The third-order valence-electron chi connectivity index (χ3n) is 3.15. The van der Waals surface area contributed by atoms with Crippen molar-refractivity contribution in [2.24, 2.45) is 0 Å². The maximum Gasteiger partial charge on any atom is 0.202 e. The Balaban J connectivity index is 1.90. The van der Waals surface area contributed by atoms with Gasteiger partial charge in [0, 0.05) is 11.6 Å². The number of hydrogen-bond donors (Lipinski definition) is 0. The van der Waals surface area contributed by atoms with Gasteiger partial charge in [0.05, 0.1) is 6.26 Å². The summed E-state index contributed by atoms with van der Waals surface area (Å²) in [6.45, 7) is 4.36. The van der Waals surface area contributed by atoms with Crippen LogP contribution in [0.3, 0.4) is 0 Å². The van der Waals surface area contributed by atoms with Crippen LogP contribution in [-0.4, -0.2) is 5.16 Å². The summed E-state index contributed by atoms with van der Waals surface area (Å²) in [7, 11) is 0. The second-order valence-corrected chi connectivity index (χ2v) is 4.83. The van der Waals surface area contributed by atoms with Crippen molar-refractivity contribution in [3.05, 3.63) is 54.3 Å². The first kappa shape index (κ1) is 11.8. The van der Waals surface area contributed by atoms with Gasteiger partial charge in [0.25, 0.3) is 0 Å². The molecule has 96 valence electrons. The fourth-order valence-corrected chi connectivity index (χ4v) is 1.98. The largest absolute Gasteiger partial charge is 0.461 e. The van der Waals surface area contributed by atoms with Crippen LogP contribution in [0.25, 0.3) is 22.8 Å². The highest BCUT2D eigenvalue weighted by Crippen LogP contribution is 2.27. The maximum absolute atomic E-state index is 5.30. The second-order valence-electron chi connectivity index (χ2n) is 4.83. The summed E-state index contributed by atoms with van der Waals surface area (Å²) in [6, 6.07) is 14.0. The van der Waals surface area contributed by atoms with E-state index < -0.39 is 0 Å². The van der Waals surface area contributed by atoms with E-state index in [0.717, 1.165) is 11.3 Å². The van der Waals surface area contributed by atoms with Crippen molar-refractivity contribution >= 4 is 0 Å². The molecule has 0 bridgehead atoms. The first-order valence-corrected chi connectivity index (χ1v) is 6.35. The van der Waals surface area contributed by atoms with Crippen molar-refractivity contribution in [3.8, 4) is 22.8 Å². The summed E-state index contributed by atoms with van der Waals surface area (Å²) < 4.78 is 10.6. The van der Waals surface area contributed by atoms with E-state index in [2.05, 4.69) is 43.3 Å². The molecule has 0 saturated heterocycles. The van der Waals surface area contributed by atoms with Gasteiger partial charge in [-0.25, -0.2) is 0 Å². The SMILES string of the molecule is CC(C)c1ccc(-c2cc(-c3ccco3)on2)cc1. The summed E-state index contributed by atoms with van der Waals surface area (Å²) in [5.41, 5.74) is 3.19. The van der Waals surface area contributed by atoms with E-state index in [9.17, 15) is 0 Å². The number of rotatable bonds is 3. The zero-order valence-corrected chi connectivity index (χ0v) is 11.0. The monoisotopic (exact) mass is 253 g/mol. The van der Waals surface area contributed by atoms with Gasteiger partial charge in [-0.05, 0) is 23.6 Å². The molecule has 0 aliphatic rings. The lowest BCUT2D eigenvalue weighted by Gasteiger charge is -2.04. The molecule has 3 rings (SSSR count). The number of hydrogen-bond acceptors (Lipinski definition) is 3. The van der Waals surface area contributed by atoms with E-state index in [0.29, 0.717) is 17.4 Å². The normalized spacial score (nSPS) is 11.1. The Kier molecular flexibility index (Phi) is 2.95. The molecule has 3 nitrogen and oxygen atoms in total. The maximum atomic E-state index is 5.30. The first-order chi connectivity index (χ1) is 9.24. The van der Waals surface area contributed by atoms with Crippen molar-refractivity contribution in [1.29, 1.82) is 0 Å². The number of benzene rings is 1. The Morgan fingerprint density at radius 2 is 1.79 bits per heavy atom. The predicted molar refractivity (Wildman–Crippen MR) is 73.7 cm³/mol. The smallest absolute Gasteiger partial charge is 0.202 e. The van der Waals surface area contributed by atoms with Crippen LogP contribution < -0.4 is 0 Å². The highest BCUT2D eigenvalue weighted by Gasteiger charge is 2.10. The van der Waals surface area contributed by atoms with Crippen molar-refractivity contribution in [2.45, 2.75) is 19.8 Å². The molecular formula is C16H15NO2. The molecule has 0 fully saturated rings. The van der Waals surface area contributed by atoms with Crippen molar-refractivity contribution < 1.29 is 8.94 Å². The number of aromatic nitrogens is 1. The van der Waals surface area contributed by atoms with Gasteiger partial charge in [-0.3, -0.25) is 0 Å². The average molecular weight is 253 g/mol. The molecule has 0 amide bonds. The van der Waals surface area contributed by atoms with E-state index >= 15 is 0 Å². The van der Waals surface area contributed by atoms with Crippen LogP contribution in [0.4, 0.5) is 0 Å². The Labute approximate surface area is 111 Å². The van der Waals surface area contributed by atoms with E-state index in [1.807, 2.05) is 18.2 Å². The molecule has 0 spiro atoms. The lowest BCUT2D eigenvalue weighted by atomic mass is 10.0. The van der Waals surface area contributed by atoms with Crippen LogP contribution in [0.5, 0.6) is 0 Å². The molecular weight excluding hydrogens is 238 g/mol. The Bertz CT molecular complexity index is 648. The summed E-state index contributed by atoms with van der Waals surface area (Å²) in [4.78, 5) is 0. The third kappa shape index (κ3) is 2.32. The van der Waals surface area contributed by atoms with Gasteiger partial charge in [-0.2, -0.15) is 0 Å². The van der Waals surface area contributed by atoms with Gasteiger partial charge in [0.2, 0.25) is 5.76 Å². The van der Waals surface area contributed by atoms with Gasteiger partial charge in [0.15, 0.2) is 5.76 Å². The standard InChI is InChI=1S/C16H15NO2/c1-11(2)12-5-7-13(8-6-12)14-10-16(19-17-14)15-4-3-9-18-15/h3-11H,1-2H3. The molecule has 3 aromatic rings. The quantitative estimate of drug-likeness (QED) is 0.677. The molecule has 3 heteroatoms. The first-order valence-electron chi connectivity index (χ1n) is 6.35. The molecule has 2 heterocycles. The molecule has 1 aromatic carbocycles. The van der Waals surface area contributed by atoms with Gasteiger partial charge in [-0.15, -0.1) is 0 Å². The van der Waals surface area contributed by atoms with Crippen LogP contribution in [0.1, 0.15) is 25.3 Å². The van der Waals surface area contributed by atoms with Crippen molar-refractivity contribution in [2.75, 3.05) is 0 Å². The Morgan fingerprint density at radius 3 is 2.42 bits per heavy atom. The molecule has 2 aromatic heterocycles. The molecule has 0 N–H and O–H groups in total. The van der Waals surface area contributed by atoms with Crippen LogP contribution in [0, 0.1) is 0 Å². The predicted octanol–water partition coefficient (Wildman–Crippen LogP) is 4.73. The summed E-state index contributed by atoms with van der Waals surface area (Å²) in [6.07, 6.45) is 1.62. The van der Waals surface area contributed by atoms with Crippen molar-refractivity contribution in [3.63, 3.8) is 0 Å². The average Bonchev–Trinajstić information content (AvgIpc) is 3.10. The summed E-state index contributed by atoms with van der Waals surface area (Å²) in [5, 5.41) is 4.08. The van der Waals surface area contributed by atoms with E-state index in [1.54, 1.807) is 6.26 Å². The highest BCUT2D eigenvalue weighted by atomic mass is 16.5. The van der Waals surface area contributed by atoms with Gasteiger partial charge in [-0.1, -0.05) is 43.3 Å². The topological polar surface area (TPSA) is 39.2 Å². The van der Waals surface area contributed by atoms with E-state index in [1.165, 1.54) is 5.56 Å². The fourth-order valence-electron chi connectivity index (χ4n) is 1.98. The lowest BCUT2D eigenvalue weighted by molar-refractivity contribution is 0.420. The van der Waals surface area contributed by atoms with Gasteiger partial charge < -0.3 is 8.94 Å². The minimum atomic E-state index is 0.532. The van der Waals surface area contributed by atoms with E-state index in [4.69, 9.17) is 8.94 Å². The minimum Gasteiger partial charge on any atom is -0.461 e. The van der Waals surface area contributed by atoms with Crippen LogP contribution in [0.2, 0.25) is 0 Å². The van der Waals surface area contributed by atoms with Crippen molar-refractivity contribution in [1.82, 2.24) is 5.16 Å². The second kappa shape index (κ2) is 4.76. The molecule has 0 saturated carbocycles. The molecule has 19 heavy (non-hydrogen) atoms. The number of furan rings is 1. The fraction of sp³-hybridized carbons (Fsp3) is 0.188. The molecule has 0 radical (unpaired) electrons. The highest BCUT2D eigenvalue weighted by molar-refractivity contribution is 5.64. The Hall–Kier alpha value is -2.29. The zero-order valence-electron chi connectivity index (χ0n) is 11.0. The van der Waals surface area contributed by atoms with Gasteiger partial charge >= 0.3 is 0 Å². The van der Waals surface area contributed by atoms with Gasteiger partial charge in [0.1, 0.15) is 5.69 Å². The molecule has 0 atom stereocenters. The summed E-state index contributed by atoms with van der Waals surface area (Å²) in [5.74, 6) is 1.87.